The maximum absolute atomic E-state index is 12.8. The molecule has 0 atom stereocenters. The van der Waals surface area contributed by atoms with E-state index < -0.39 is 0 Å². The molecule has 0 N–H and O–H groups in total. The Balaban J connectivity index is 1.69. The molecule has 1 aromatic carbocycles. The van der Waals surface area contributed by atoms with Gasteiger partial charge in [0.2, 0.25) is 5.91 Å². The molecule has 25 heavy (non-hydrogen) atoms. The van der Waals surface area contributed by atoms with Crippen molar-refractivity contribution in [1.29, 1.82) is 0 Å². The second-order valence-corrected chi connectivity index (χ2v) is 6.72. The molecular weight excluding hydrogens is 344 g/mol. The number of hydrogen-bond donors (Lipinski definition) is 0. The molecule has 6 nitrogen and oxygen atoms in total. The molecule has 0 aromatic heterocycles. The third-order valence-corrected chi connectivity index (χ3v) is 4.85. The summed E-state index contributed by atoms with van der Waals surface area (Å²) in [5.74, 6) is 1.24. The van der Waals surface area contributed by atoms with Crippen LogP contribution in [-0.2, 0) is 4.79 Å². The van der Waals surface area contributed by atoms with Crippen LogP contribution in [0.1, 0.15) is 30.1 Å². The number of methoxy groups -OCH3 is 1. The van der Waals surface area contributed by atoms with Crippen LogP contribution in [0, 0.1) is 5.92 Å². The number of carbonyl (C=O) groups is 2. The van der Waals surface area contributed by atoms with Gasteiger partial charge in [-0.15, -0.1) is 0 Å². The Morgan fingerprint density at radius 2 is 1.80 bits per heavy atom. The highest BCUT2D eigenvalue weighted by Gasteiger charge is 2.35. The van der Waals surface area contributed by atoms with Crippen LogP contribution in [-0.4, -0.2) is 61.5 Å². The van der Waals surface area contributed by atoms with Gasteiger partial charge in [0.15, 0.2) is 11.5 Å². The van der Waals surface area contributed by atoms with Crippen molar-refractivity contribution < 1.29 is 19.1 Å². The number of halogens is 1. The smallest absolute Gasteiger partial charge is 0.254 e. The van der Waals surface area contributed by atoms with E-state index in [9.17, 15) is 9.59 Å². The molecular formula is C18H23ClN2O4. The minimum atomic E-state index is -0.109. The van der Waals surface area contributed by atoms with Gasteiger partial charge in [-0.3, -0.25) is 9.59 Å². The number of hydrogen-bond acceptors (Lipinski definition) is 4. The summed E-state index contributed by atoms with van der Waals surface area (Å²) >= 11 is 6.25. The normalized spacial score (nSPS) is 17.4. The maximum Gasteiger partial charge on any atom is 0.254 e. The van der Waals surface area contributed by atoms with Crippen molar-refractivity contribution in [2.45, 2.75) is 19.8 Å². The van der Waals surface area contributed by atoms with E-state index in [0.717, 1.165) is 12.8 Å². The Morgan fingerprint density at radius 3 is 2.36 bits per heavy atom. The summed E-state index contributed by atoms with van der Waals surface area (Å²) in [6.07, 6.45) is 2.00. The lowest BCUT2D eigenvalue weighted by Crippen LogP contribution is -2.51. The fourth-order valence-corrected chi connectivity index (χ4v) is 3.29. The Hall–Kier alpha value is -1.95. The van der Waals surface area contributed by atoms with Crippen molar-refractivity contribution in [3.05, 3.63) is 22.7 Å². The monoisotopic (exact) mass is 366 g/mol. The molecule has 7 heteroatoms. The van der Waals surface area contributed by atoms with E-state index in [2.05, 4.69) is 0 Å². The SMILES string of the molecule is CCOc1c(Cl)cc(C(=O)N2CCN(C(=O)C3CC3)CC2)cc1OC. The molecule has 1 heterocycles. The molecule has 2 aliphatic rings. The Bertz CT molecular complexity index is 667. The lowest BCUT2D eigenvalue weighted by molar-refractivity contribution is -0.134. The summed E-state index contributed by atoms with van der Waals surface area (Å²) in [6.45, 7) is 4.55. The summed E-state index contributed by atoms with van der Waals surface area (Å²) in [7, 11) is 1.52. The fraction of sp³-hybridized carbons (Fsp3) is 0.556. The Labute approximate surface area is 152 Å². The van der Waals surface area contributed by atoms with Crippen LogP contribution in [0.5, 0.6) is 11.5 Å². The van der Waals surface area contributed by atoms with Crippen molar-refractivity contribution in [3.63, 3.8) is 0 Å². The summed E-state index contributed by atoms with van der Waals surface area (Å²) < 4.78 is 10.8. The quantitative estimate of drug-likeness (QED) is 0.803. The summed E-state index contributed by atoms with van der Waals surface area (Å²) in [6, 6.07) is 3.26. The van der Waals surface area contributed by atoms with E-state index in [1.165, 1.54) is 7.11 Å². The molecule has 0 spiro atoms. The van der Waals surface area contributed by atoms with Gasteiger partial charge in [0.05, 0.1) is 18.7 Å². The number of benzene rings is 1. The van der Waals surface area contributed by atoms with Crippen LogP contribution < -0.4 is 9.47 Å². The van der Waals surface area contributed by atoms with Gasteiger partial charge in [0.1, 0.15) is 0 Å². The summed E-state index contributed by atoms with van der Waals surface area (Å²) in [5.41, 5.74) is 0.465. The number of piperazine rings is 1. The number of carbonyl (C=O) groups excluding carboxylic acids is 2. The first-order valence-corrected chi connectivity index (χ1v) is 9.01. The molecule has 2 fully saturated rings. The van der Waals surface area contributed by atoms with Crippen LogP contribution in [0.4, 0.5) is 0 Å². The molecule has 2 amide bonds. The minimum absolute atomic E-state index is 0.109. The van der Waals surface area contributed by atoms with E-state index in [-0.39, 0.29) is 17.7 Å². The van der Waals surface area contributed by atoms with Crippen LogP contribution in [0.2, 0.25) is 5.02 Å². The highest BCUT2D eigenvalue weighted by molar-refractivity contribution is 6.32. The Kier molecular flexibility index (Phi) is 5.37. The van der Waals surface area contributed by atoms with Crippen molar-refractivity contribution in [3.8, 4) is 11.5 Å². The van der Waals surface area contributed by atoms with Crippen molar-refractivity contribution in [2.24, 2.45) is 5.92 Å². The number of amides is 2. The predicted octanol–water partition coefficient (Wildman–Crippen LogP) is 2.44. The molecule has 1 aromatic rings. The standard InChI is InChI=1S/C18H23ClN2O4/c1-3-25-16-14(19)10-13(11-15(16)24-2)18(23)21-8-6-20(7-9-21)17(22)12-4-5-12/h10-12H,3-9H2,1-2H3. The molecule has 1 saturated carbocycles. The van der Waals surface area contributed by atoms with Crippen LogP contribution >= 0.6 is 11.6 Å². The number of rotatable bonds is 5. The molecule has 1 aliphatic carbocycles. The lowest BCUT2D eigenvalue weighted by Gasteiger charge is -2.35. The zero-order valence-electron chi connectivity index (χ0n) is 14.6. The van der Waals surface area contributed by atoms with Gasteiger partial charge in [-0.2, -0.15) is 0 Å². The van der Waals surface area contributed by atoms with E-state index in [1.54, 1.807) is 17.0 Å². The highest BCUT2D eigenvalue weighted by Crippen LogP contribution is 2.37. The lowest BCUT2D eigenvalue weighted by atomic mass is 10.1. The van der Waals surface area contributed by atoms with Crippen LogP contribution in [0.25, 0.3) is 0 Å². The maximum atomic E-state index is 12.8. The summed E-state index contributed by atoms with van der Waals surface area (Å²) in [4.78, 5) is 28.5. The molecule has 0 radical (unpaired) electrons. The fourth-order valence-electron chi connectivity index (χ4n) is 3.03. The van der Waals surface area contributed by atoms with E-state index in [0.29, 0.717) is 54.9 Å². The molecule has 1 saturated heterocycles. The molecule has 1 aliphatic heterocycles. The highest BCUT2D eigenvalue weighted by atomic mass is 35.5. The largest absolute Gasteiger partial charge is 0.493 e. The van der Waals surface area contributed by atoms with Gasteiger partial charge in [0, 0.05) is 37.7 Å². The van der Waals surface area contributed by atoms with Crippen LogP contribution in [0.15, 0.2) is 12.1 Å². The average Bonchev–Trinajstić information content (AvgIpc) is 3.47. The van der Waals surface area contributed by atoms with Crippen molar-refractivity contribution >= 4 is 23.4 Å². The van der Waals surface area contributed by atoms with Crippen molar-refractivity contribution in [2.75, 3.05) is 39.9 Å². The molecule has 3 rings (SSSR count). The average molecular weight is 367 g/mol. The van der Waals surface area contributed by atoms with Gasteiger partial charge < -0.3 is 19.3 Å². The first-order chi connectivity index (χ1) is 12.0. The zero-order chi connectivity index (χ0) is 18.0. The Morgan fingerprint density at radius 1 is 1.16 bits per heavy atom. The van der Waals surface area contributed by atoms with Gasteiger partial charge >= 0.3 is 0 Å². The third kappa shape index (κ3) is 3.84. The second-order valence-electron chi connectivity index (χ2n) is 6.31. The number of ether oxygens (including phenoxy) is 2. The molecule has 0 unspecified atom stereocenters. The molecule has 136 valence electrons. The molecule has 0 bridgehead atoms. The first-order valence-electron chi connectivity index (χ1n) is 8.63. The minimum Gasteiger partial charge on any atom is -0.493 e. The number of nitrogens with zero attached hydrogens (tertiary/aromatic N) is 2. The topological polar surface area (TPSA) is 59.1 Å². The predicted molar refractivity (Wildman–Crippen MR) is 94.4 cm³/mol. The van der Waals surface area contributed by atoms with Gasteiger partial charge in [0.25, 0.3) is 5.91 Å². The van der Waals surface area contributed by atoms with Gasteiger partial charge in [-0.1, -0.05) is 11.6 Å². The van der Waals surface area contributed by atoms with Crippen LogP contribution in [0.3, 0.4) is 0 Å². The van der Waals surface area contributed by atoms with Gasteiger partial charge in [-0.05, 0) is 31.9 Å². The summed E-state index contributed by atoms with van der Waals surface area (Å²) in [5, 5.41) is 0.354. The third-order valence-electron chi connectivity index (χ3n) is 4.57. The van der Waals surface area contributed by atoms with Gasteiger partial charge in [-0.25, -0.2) is 0 Å². The zero-order valence-corrected chi connectivity index (χ0v) is 15.3. The van der Waals surface area contributed by atoms with E-state index in [1.807, 2.05) is 11.8 Å². The van der Waals surface area contributed by atoms with E-state index >= 15 is 0 Å². The van der Waals surface area contributed by atoms with E-state index in [4.69, 9.17) is 21.1 Å². The van der Waals surface area contributed by atoms with Crippen molar-refractivity contribution in [1.82, 2.24) is 9.80 Å². The second kappa shape index (κ2) is 7.52. The first kappa shape index (κ1) is 17.9.